The van der Waals surface area contributed by atoms with Crippen molar-refractivity contribution >= 4 is 11.9 Å². The molecule has 0 aromatic heterocycles. The number of carbonyl (C=O) groups is 2. The van der Waals surface area contributed by atoms with Gasteiger partial charge in [0.1, 0.15) is 5.60 Å². The Labute approximate surface area is 102 Å². The van der Waals surface area contributed by atoms with Gasteiger partial charge in [-0.3, -0.25) is 9.59 Å². The molecule has 0 aromatic rings. The second-order valence-electron chi connectivity index (χ2n) is 6.11. The Morgan fingerprint density at radius 3 is 2.76 bits per heavy atom. The fraction of sp³-hybridized carbons (Fsp3) is 0.846. The fourth-order valence-electron chi connectivity index (χ4n) is 2.94. The average molecular weight is 239 g/mol. The van der Waals surface area contributed by atoms with Crippen LogP contribution in [0.15, 0.2) is 0 Å². The molecular weight excluding hydrogens is 218 g/mol. The summed E-state index contributed by atoms with van der Waals surface area (Å²) in [6, 6.07) is 0.301. The largest absolute Gasteiger partial charge is 0.460 e. The normalized spacial score (nSPS) is 32.2. The van der Waals surface area contributed by atoms with Crippen LogP contribution >= 0.6 is 0 Å². The monoisotopic (exact) mass is 239 g/mol. The third kappa shape index (κ3) is 2.79. The third-order valence-corrected chi connectivity index (χ3v) is 3.56. The van der Waals surface area contributed by atoms with Crippen molar-refractivity contribution in [1.82, 2.24) is 5.32 Å². The number of ether oxygens (including phenoxy) is 1. The first-order chi connectivity index (χ1) is 7.87. The van der Waals surface area contributed by atoms with Crippen molar-refractivity contribution in [3.05, 3.63) is 0 Å². The summed E-state index contributed by atoms with van der Waals surface area (Å²) >= 11 is 0. The Bertz CT molecular complexity index is 332. The smallest absolute Gasteiger partial charge is 0.307 e. The minimum Gasteiger partial charge on any atom is -0.460 e. The molecule has 1 aliphatic heterocycles. The first kappa shape index (κ1) is 12.4. The van der Waals surface area contributed by atoms with E-state index < -0.39 is 5.60 Å². The van der Waals surface area contributed by atoms with E-state index >= 15 is 0 Å². The van der Waals surface area contributed by atoms with Crippen LogP contribution in [0.1, 0.15) is 46.5 Å². The van der Waals surface area contributed by atoms with Gasteiger partial charge in [-0.25, -0.2) is 0 Å². The van der Waals surface area contributed by atoms with E-state index in [1.165, 1.54) is 0 Å². The minimum absolute atomic E-state index is 0.0329. The number of fused-ring (bicyclic) bond motifs is 1. The zero-order valence-electron chi connectivity index (χ0n) is 10.8. The van der Waals surface area contributed by atoms with Gasteiger partial charge < -0.3 is 10.1 Å². The van der Waals surface area contributed by atoms with E-state index in [1.54, 1.807) is 0 Å². The molecule has 1 aliphatic carbocycles. The molecule has 1 amide bonds. The van der Waals surface area contributed by atoms with Crippen LogP contribution < -0.4 is 5.32 Å². The molecule has 4 nitrogen and oxygen atoms in total. The number of amides is 1. The van der Waals surface area contributed by atoms with Crippen molar-refractivity contribution in [2.24, 2.45) is 11.8 Å². The number of esters is 1. The highest BCUT2D eigenvalue weighted by Crippen LogP contribution is 2.38. The molecule has 0 unspecified atom stereocenters. The van der Waals surface area contributed by atoms with Gasteiger partial charge in [-0.15, -0.1) is 0 Å². The van der Waals surface area contributed by atoms with Crippen LogP contribution in [-0.4, -0.2) is 23.5 Å². The van der Waals surface area contributed by atoms with Gasteiger partial charge in [0.25, 0.3) is 0 Å². The van der Waals surface area contributed by atoms with Gasteiger partial charge >= 0.3 is 5.97 Å². The van der Waals surface area contributed by atoms with Gasteiger partial charge in [0, 0.05) is 6.04 Å². The Hall–Kier alpha value is -1.06. The Morgan fingerprint density at radius 2 is 2.12 bits per heavy atom. The number of hydrogen-bond acceptors (Lipinski definition) is 3. The topological polar surface area (TPSA) is 55.4 Å². The summed E-state index contributed by atoms with van der Waals surface area (Å²) in [5.41, 5.74) is -0.471. The first-order valence-corrected chi connectivity index (χ1v) is 6.39. The summed E-state index contributed by atoms with van der Waals surface area (Å²) < 4.78 is 5.28. The molecule has 2 rings (SSSR count). The number of carbonyl (C=O) groups excluding carboxylic acids is 2. The van der Waals surface area contributed by atoms with Crippen LogP contribution in [0.3, 0.4) is 0 Å². The summed E-state index contributed by atoms with van der Waals surface area (Å²) in [5.74, 6) is -0.0527. The predicted octanol–water partition coefficient (Wildman–Crippen LogP) is 1.63. The van der Waals surface area contributed by atoms with Crippen LogP contribution in [0, 0.1) is 11.8 Å². The van der Waals surface area contributed by atoms with Gasteiger partial charge in [-0.2, -0.15) is 0 Å². The molecule has 96 valence electrons. The predicted molar refractivity (Wildman–Crippen MR) is 63.2 cm³/mol. The molecule has 2 aliphatic rings. The molecule has 1 saturated heterocycles. The first-order valence-electron chi connectivity index (χ1n) is 6.39. The summed E-state index contributed by atoms with van der Waals surface area (Å²) in [7, 11) is 0. The molecule has 1 N–H and O–H groups in total. The molecule has 0 spiro atoms. The van der Waals surface area contributed by atoms with Crippen molar-refractivity contribution in [3.63, 3.8) is 0 Å². The molecule has 1 heterocycles. The van der Waals surface area contributed by atoms with Crippen LogP contribution in [0.2, 0.25) is 0 Å². The average Bonchev–Trinajstić information content (AvgIpc) is 2.67. The van der Waals surface area contributed by atoms with E-state index in [9.17, 15) is 9.59 Å². The van der Waals surface area contributed by atoms with Gasteiger partial charge in [0.15, 0.2) is 0 Å². The number of nitrogens with one attached hydrogen (secondary N) is 1. The molecule has 2 fully saturated rings. The lowest BCUT2D eigenvalue weighted by Crippen LogP contribution is -2.29. The van der Waals surface area contributed by atoms with Crippen LogP contribution in [0.5, 0.6) is 0 Å². The van der Waals surface area contributed by atoms with Crippen molar-refractivity contribution in [3.8, 4) is 0 Å². The zero-order valence-corrected chi connectivity index (χ0v) is 10.8. The standard InChI is InChI=1S/C13H21NO3/c1-13(2,3)17-11(15)7-9-8-5-4-6-10(8)14-12(9)16/h8-10H,4-7H2,1-3H3,(H,14,16)/t8-,9-,10-/m1/s1. The van der Waals surface area contributed by atoms with Gasteiger partial charge in [-0.1, -0.05) is 6.42 Å². The molecule has 4 heteroatoms. The van der Waals surface area contributed by atoms with Gasteiger partial charge in [-0.05, 0) is 39.5 Å². The van der Waals surface area contributed by atoms with E-state index in [0.717, 1.165) is 19.3 Å². The molecule has 1 saturated carbocycles. The van der Waals surface area contributed by atoms with Crippen LogP contribution in [0.4, 0.5) is 0 Å². The Morgan fingerprint density at radius 1 is 1.41 bits per heavy atom. The Balaban J connectivity index is 1.94. The lowest BCUT2D eigenvalue weighted by atomic mass is 9.89. The minimum atomic E-state index is -0.471. The van der Waals surface area contributed by atoms with Crippen molar-refractivity contribution in [2.45, 2.75) is 58.1 Å². The van der Waals surface area contributed by atoms with Gasteiger partial charge in [0.2, 0.25) is 5.91 Å². The van der Waals surface area contributed by atoms with E-state index in [0.29, 0.717) is 12.0 Å². The quantitative estimate of drug-likeness (QED) is 0.745. The van der Waals surface area contributed by atoms with E-state index in [4.69, 9.17) is 4.74 Å². The maximum absolute atomic E-state index is 11.8. The maximum atomic E-state index is 11.8. The van der Waals surface area contributed by atoms with Crippen molar-refractivity contribution in [1.29, 1.82) is 0 Å². The summed E-state index contributed by atoms with van der Waals surface area (Å²) in [5, 5.41) is 2.99. The number of rotatable bonds is 2. The van der Waals surface area contributed by atoms with Crippen LogP contribution in [0.25, 0.3) is 0 Å². The molecule has 0 aromatic carbocycles. The van der Waals surface area contributed by atoms with Gasteiger partial charge in [0.05, 0.1) is 12.3 Å². The number of hydrogen-bond donors (Lipinski definition) is 1. The van der Waals surface area contributed by atoms with Crippen LogP contribution in [-0.2, 0) is 14.3 Å². The highest BCUT2D eigenvalue weighted by molar-refractivity contribution is 5.86. The molecule has 17 heavy (non-hydrogen) atoms. The second kappa shape index (κ2) is 4.31. The summed E-state index contributed by atoms with van der Waals surface area (Å²) in [6.45, 7) is 5.54. The molecule has 3 atom stereocenters. The Kier molecular flexibility index (Phi) is 3.15. The lowest BCUT2D eigenvalue weighted by Gasteiger charge is -2.21. The van der Waals surface area contributed by atoms with E-state index in [1.807, 2.05) is 20.8 Å². The fourth-order valence-corrected chi connectivity index (χ4v) is 2.94. The SMILES string of the molecule is CC(C)(C)OC(=O)C[C@H]1C(=O)N[C@@H]2CCC[C@@H]21. The highest BCUT2D eigenvalue weighted by atomic mass is 16.6. The third-order valence-electron chi connectivity index (χ3n) is 3.56. The lowest BCUT2D eigenvalue weighted by molar-refractivity contribution is -0.157. The van der Waals surface area contributed by atoms with Crippen molar-refractivity contribution < 1.29 is 14.3 Å². The zero-order chi connectivity index (χ0) is 12.6. The molecule has 0 radical (unpaired) electrons. The summed E-state index contributed by atoms with van der Waals surface area (Å²) in [6.07, 6.45) is 3.49. The second-order valence-corrected chi connectivity index (χ2v) is 6.11. The van der Waals surface area contributed by atoms with Crippen molar-refractivity contribution in [2.75, 3.05) is 0 Å². The highest BCUT2D eigenvalue weighted by Gasteiger charge is 2.45. The summed E-state index contributed by atoms with van der Waals surface area (Å²) in [4.78, 5) is 23.5. The van der Waals surface area contributed by atoms with E-state index in [2.05, 4.69) is 5.32 Å². The molecular formula is C13H21NO3. The maximum Gasteiger partial charge on any atom is 0.307 e. The molecule has 0 bridgehead atoms. The van der Waals surface area contributed by atoms with E-state index in [-0.39, 0.29) is 24.2 Å².